The molecule has 4 aromatic carbocycles. The minimum absolute atomic E-state index is 0.282. The van der Waals surface area contributed by atoms with E-state index in [1.165, 1.54) is 7.05 Å². The Kier molecular flexibility index (Phi) is 12.2. The van der Waals surface area contributed by atoms with Crippen molar-refractivity contribution in [1.29, 1.82) is 0 Å². The number of methoxy groups -OCH3 is 2. The lowest BCUT2D eigenvalue weighted by atomic mass is 9.27. The van der Waals surface area contributed by atoms with Crippen molar-refractivity contribution in [3.05, 3.63) is 128 Å². The molecule has 0 spiro atoms. The van der Waals surface area contributed by atoms with Crippen LogP contribution in [0.1, 0.15) is 23.1 Å². The van der Waals surface area contributed by atoms with Crippen molar-refractivity contribution in [2.75, 3.05) is 21.3 Å². The number of carbonyl (C=O) groups is 1. The van der Waals surface area contributed by atoms with Crippen molar-refractivity contribution in [2.24, 2.45) is 0 Å². The number of esters is 1. The van der Waals surface area contributed by atoms with E-state index in [9.17, 15) is 44.3 Å². The maximum atomic E-state index is 16.0. The average Bonchev–Trinajstić information content (AvgIpc) is 3.14. The van der Waals surface area contributed by atoms with Crippen LogP contribution in [0.25, 0.3) is 0 Å². The predicted molar refractivity (Wildman–Crippen MR) is 168 cm³/mol. The molecule has 0 aromatic heterocycles. The topological polar surface area (TPSA) is 47.8 Å². The SMILES string of the molecule is COC(=O)C/C(C=[N+](C)c1c(C)cc(C)cc1C)=C(/OC)O[B-](c1c(F)c(F)c(F)c(F)c1F)(c1c(F)c(F)c(F)c(F)c1F)c1c(F)c(F)c(F)c(F)c1F. The first-order valence-electron chi connectivity index (χ1n) is 15.4. The van der Waals surface area contributed by atoms with Gasteiger partial charge in [0.1, 0.15) is 47.5 Å². The number of hydrogen-bond donors (Lipinski definition) is 0. The molecule has 0 fully saturated rings. The highest BCUT2D eigenvalue weighted by Gasteiger charge is 2.51. The summed E-state index contributed by atoms with van der Waals surface area (Å²) in [6.45, 7) is 4.84. The third kappa shape index (κ3) is 6.91. The first-order chi connectivity index (χ1) is 26.0. The van der Waals surface area contributed by atoms with Crippen LogP contribution >= 0.6 is 0 Å². The number of benzene rings is 4. The molecule has 5 nitrogen and oxygen atoms in total. The van der Waals surface area contributed by atoms with Crippen molar-refractivity contribution < 1.29 is 89.4 Å². The number of nitrogens with zero attached hydrogens (tertiary/aromatic N) is 1. The van der Waals surface area contributed by atoms with Crippen LogP contribution in [0, 0.1) is 108 Å². The van der Waals surface area contributed by atoms with Crippen LogP contribution in [0.2, 0.25) is 0 Å². The van der Waals surface area contributed by atoms with Crippen LogP contribution in [0.3, 0.4) is 0 Å². The van der Waals surface area contributed by atoms with Gasteiger partial charge in [-0.2, -0.15) is 0 Å². The minimum Gasteiger partial charge on any atom is -0.675 e. The molecular weight excluding hydrogens is 794 g/mol. The molecule has 0 amide bonds. The standard InChI is InChI=1S/C35H23BF15NO4/c1-11-7-12(2)34(13(3)8-11)52(4)10-14(9-15(53)54-5)35(55-6)56-36(16-19(37)25(43)31(49)26(44)20(16)38,17-21(39)27(45)32(50)28(46)22(17)40)18-23(41)29(47)33(51)30(48)24(18)42/h7-8,10H,9H2,1-6H3/b35-14+,52-10?. The highest BCUT2D eigenvalue weighted by molar-refractivity contribution is 7.07. The molecule has 0 bridgehead atoms. The van der Waals surface area contributed by atoms with Gasteiger partial charge in [-0.15, -0.1) is 0 Å². The van der Waals surface area contributed by atoms with E-state index < -0.39 is 134 Å². The summed E-state index contributed by atoms with van der Waals surface area (Å²) in [4.78, 5) is 12.6. The molecule has 0 aliphatic carbocycles. The molecule has 21 heteroatoms. The summed E-state index contributed by atoms with van der Waals surface area (Å²) < 4.78 is 245. The number of hydrogen-bond acceptors (Lipinski definition) is 4. The zero-order valence-corrected chi connectivity index (χ0v) is 29.3. The highest BCUT2D eigenvalue weighted by atomic mass is 19.2. The molecule has 0 saturated heterocycles. The summed E-state index contributed by atoms with van der Waals surface area (Å²) >= 11 is 0. The van der Waals surface area contributed by atoms with Gasteiger partial charge in [-0.05, 0) is 32.9 Å². The maximum absolute atomic E-state index is 16.0. The van der Waals surface area contributed by atoms with Gasteiger partial charge in [-0.1, -0.05) is 22.0 Å². The van der Waals surface area contributed by atoms with Gasteiger partial charge in [0.15, 0.2) is 58.6 Å². The summed E-state index contributed by atoms with van der Waals surface area (Å²) in [7, 11) is 2.49. The Labute approximate surface area is 306 Å². The zero-order chi connectivity index (χ0) is 42.5. The van der Waals surface area contributed by atoms with Crippen LogP contribution in [0.4, 0.5) is 71.5 Å². The number of carbonyl (C=O) groups excluding carboxylic acids is 1. The summed E-state index contributed by atoms with van der Waals surface area (Å²) in [5, 5.41) is 0. The van der Waals surface area contributed by atoms with E-state index in [1.807, 2.05) is 0 Å². The van der Waals surface area contributed by atoms with Gasteiger partial charge in [-0.25, -0.2) is 70.4 Å². The van der Waals surface area contributed by atoms with Gasteiger partial charge in [0, 0.05) is 11.1 Å². The molecule has 0 atom stereocenters. The molecular formula is C35H23BF15NO4. The first kappa shape index (κ1) is 43.1. The van der Waals surface area contributed by atoms with Crippen molar-refractivity contribution in [3.8, 4) is 0 Å². The maximum Gasteiger partial charge on any atom is 0.310 e. The molecule has 0 aliphatic heterocycles. The largest absolute Gasteiger partial charge is 0.675 e. The molecule has 4 rings (SSSR count). The Morgan fingerprint density at radius 2 is 0.857 bits per heavy atom. The van der Waals surface area contributed by atoms with Crippen LogP contribution in [-0.2, 0) is 18.9 Å². The lowest BCUT2D eigenvalue weighted by Crippen LogP contribution is -2.75. The van der Waals surface area contributed by atoms with Gasteiger partial charge in [-0.3, -0.25) is 4.79 Å². The second kappa shape index (κ2) is 15.9. The minimum atomic E-state index is -6.51. The van der Waals surface area contributed by atoms with E-state index in [0.717, 1.165) is 23.5 Å². The van der Waals surface area contributed by atoms with Gasteiger partial charge >= 0.3 is 5.97 Å². The molecule has 4 aromatic rings. The summed E-state index contributed by atoms with van der Waals surface area (Å²) in [6.07, 6.45) is -6.94. The van der Waals surface area contributed by atoms with E-state index in [2.05, 4.69) is 4.74 Å². The van der Waals surface area contributed by atoms with Crippen LogP contribution in [0.5, 0.6) is 0 Å². The van der Waals surface area contributed by atoms with Crippen molar-refractivity contribution >= 4 is 40.6 Å². The fourth-order valence-electron chi connectivity index (χ4n) is 6.39. The fourth-order valence-corrected chi connectivity index (χ4v) is 6.39. The first-order valence-corrected chi connectivity index (χ1v) is 15.4. The molecule has 0 saturated carbocycles. The monoisotopic (exact) mass is 817 g/mol. The number of halogens is 15. The second-order valence-electron chi connectivity index (χ2n) is 12.1. The van der Waals surface area contributed by atoms with Crippen LogP contribution in [-0.4, -0.2) is 44.4 Å². The van der Waals surface area contributed by atoms with Crippen LogP contribution < -0.4 is 16.4 Å². The van der Waals surface area contributed by atoms with Crippen molar-refractivity contribution in [3.63, 3.8) is 0 Å². The molecule has 300 valence electrons. The van der Waals surface area contributed by atoms with Crippen molar-refractivity contribution in [1.82, 2.24) is 0 Å². The second-order valence-corrected chi connectivity index (χ2v) is 12.1. The third-order valence-corrected chi connectivity index (χ3v) is 8.58. The highest BCUT2D eigenvalue weighted by Crippen LogP contribution is 2.31. The van der Waals surface area contributed by atoms with E-state index in [0.29, 0.717) is 18.2 Å². The molecule has 0 aliphatic rings. The number of rotatable bonds is 10. The van der Waals surface area contributed by atoms with E-state index in [-0.39, 0.29) is 5.69 Å². The Bertz CT molecular complexity index is 2100. The predicted octanol–water partition coefficient (Wildman–Crippen LogP) is 7.15. The summed E-state index contributed by atoms with van der Waals surface area (Å²) in [6, 6.07) is 3.27. The Morgan fingerprint density at radius 1 is 0.554 bits per heavy atom. The Morgan fingerprint density at radius 3 is 1.14 bits per heavy atom. The van der Waals surface area contributed by atoms with Crippen LogP contribution in [0.15, 0.2) is 23.7 Å². The Balaban J connectivity index is 2.46. The molecule has 56 heavy (non-hydrogen) atoms. The quantitative estimate of drug-likeness (QED) is 0.0250. The smallest absolute Gasteiger partial charge is 0.310 e. The van der Waals surface area contributed by atoms with E-state index >= 15 is 26.3 Å². The Hall–Kier alpha value is -5.63. The normalized spacial score (nSPS) is 12.6. The molecule has 0 radical (unpaired) electrons. The zero-order valence-electron chi connectivity index (χ0n) is 29.3. The van der Waals surface area contributed by atoms with Crippen molar-refractivity contribution in [2.45, 2.75) is 27.2 Å². The summed E-state index contributed by atoms with van der Waals surface area (Å²) in [5.74, 6) is -51.4. The van der Waals surface area contributed by atoms with E-state index in [1.54, 1.807) is 32.9 Å². The molecule has 0 N–H and O–H groups in total. The third-order valence-electron chi connectivity index (χ3n) is 8.58. The van der Waals surface area contributed by atoms with E-state index in [4.69, 9.17) is 9.39 Å². The lowest BCUT2D eigenvalue weighted by Gasteiger charge is -2.45. The van der Waals surface area contributed by atoms with Gasteiger partial charge in [0.25, 0.3) is 6.35 Å². The summed E-state index contributed by atoms with van der Waals surface area (Å²) in [5.41, 5.74) is -8.03. The van der Waals surface area contributed by atoms with Gasteiger partial charge < -0.3 is 14.1 Å². The number of ether oxygens (including phenoxy) is 2. The average molecular weight is 817 g/mol. The molecule has 0 unspecified atom stereocenters. The lowest BCUT2D eigenvalue weighted by molar-refractivity contribution is -0.400. The van der Waals surface area contributed by atoms with Gasteiger partial charge in [0.2, 0.25) is 11.6 Å². The number of aryl methyl sites for hydroxylation is 3. The fraction of sp³-hybridized carbons (Fsp3) is 0.200. The van der Waals surface area contributed by atoms with Gasteiger partial charge in [0.05, 0.1) is 20.6 Å². The molecule has 0 heterocycles.